The second kappa shape index (κ2) is 7.78. The van der Waals surface area contributed by atoms with Crippen molar-refractivity contribution >= 4 is 22.4 Å². The van der Waals surface area contributed by atoms with Crippen LogP contribution in [-0.4, -0.2) is 73.1 Å². The summed E-state index contributed by atoms with van der Waals surface area (Å²) in [4.78, 5) is 16.0. The number of piperazine rings is 1. The van der Waals surface area contributed by atoms with Crippen LogP contribution < -0.4 is 10.6 Å². The van der Waals surface area contributed by atoms with Gasteiger partial charge in [0.1, 0.15) is 0 Å². The van der Waals surface area contributed by atoms with Crippen molar-refractivity contribution < 1.29 is 0 Å². The summed E-state index contributed by atoms with van der Waals surface area (Å²) in [6.07, 6.45) is 5.69. The monoisotopic (exact) mass is 322 g/mol. The molecule has 0 unspecified atom stereocenters. The van der Waals surface area contributed by atoms with Gasteiger partial charge in [-0.25, -0.2) is 4.98 Å². The zero-order valence-corrected chi connectivity index (χ0v) is 14.0. The van der Waals surface area contributed by atoms with Crippen LogP contribution in [0.15, 0.2) is 16.6 Å². The quantitative estimate of drug-likeness (QED) is 0.499. The van der Waals surface area contributed by atoms with Crippen LogP contribution in [0.3, 0.4) is 0 Å². The zero-order chi connectivity index (χ0) is 15.2. The molecular weight excluding hydrogens is 296 g/mol. The molecule has 2 fully saturated rings. The van der Waals surface area contributed by atoms with Gasteiger partial charge in [-0.15, -0.1) is 11.3 Å². The topological polar surface area (TPSA) is 61.0 Å². The molecule has 2 saturated heterocycles. The van der Waals surface area contributed by atoms with Crippen molar-refractivity contribution in [3.63, 3.8) is 0 Å². The number of guanidine groups is 1. The predicted octanol–water partition coefficient (Wildman–Crippen LogP) is 1.07. The second-order valence-corrected chi connectivity index (χ2v) is 6.80. The number of hydrogen-bond donors (Lipinski definition) is 1. The van der Waals surface area contributed by atoms with Gasteiger partial charge < -0.3 is 20.4 Å². The molecule has 2 aliphatic rings. The van der Waals surface area contributed by atoms with Gasteiger partial charge in [0.2, 0.25) is 0 Å². The molecular formula is C15H26N6S. The zero-order valence-electron chi connectivity index (χ0n) is 13.2. The summed E-state index contributed by atoms with van der Waals surface area (Å²) in [5, 5.41) is 3.14. The fourth-order valence-electron chi connectivity index (χ4n) is 3.09. The molecule has 6 nitrogen and oxygen atoms in total. The molecule has 0 aromatic carbocycles. The van der Waals surface area contributed by atoms with Crippen molar-refractivity contribution in [2.75, 3.05) is 57.3 Å². The fourth-order valence-corrected chi connectivity index (χ4v) is 3.79. The lowest BCUT2D eigenvalue weighted by atomic mass is 10.3. The number of anilines is 1. The summed E-state index contributed by atoms with van der Waals surface area (Å²) >= 11 is 1.70. The smallest absolute Gasteiger partial charge is 0.191 e. The Balaban J connectivity index is 1.37. The number of thiazole rings is 1. The highest BCUT2D eigenvalue weighted by molar-refractivity contribution is 7.13. The van der Waals surface area contributed by atoms with Crippen LogP contribution in [0.5, 0.6) is 0 Å². The summed E-state index contributed by atoms with van der Waals surface area (Å²) in [6, 6.07) is 0. The third-order valence-corrected chi connectivity index (χ3v) is 5.23. The Labute approximate surface area is 136 Å². The van der Waals surface area contributed by atoms with E-state index in [2.05, 4.69) is 24.7 Å². The van der Waals surface area contributed by atoms with Gasteiger partial charge in [0, 0.05) is 44.3 Å². The van der Waals surface area contributed by atoms with E-state index in [-0.39, 0.29) is 0 Å². The van der Waals surface area contributed by atoms with Crippen molar-refractivity contribution in [3.05, 3.63) is 11.6 Å². The van der Waals surface area contributed by atoms with E-state index in [0.29, 0.717) is 5.96 Å². The number of likely N-dealkylation sites (tertiary alicyclic amines) is 1. The molecule has 1 aromatic heterocycles. The van der Waals surface area contributed by atoms with E-state index in [1.807, 2.05) is 11.6 Å². The van der Waals surface area contributed by atoms with Crippen LogP contribution in [0, 0.1) is 0 Å². The minimum Gasteiger partial charge on any atom is -0.370 e. The minimum absolute atomic E-state index is 0.709. The third-order valence-electron chi connectivity index (χ3n) is 4.40. The van der Waals surface area contributed by atoms with Gasteiger partial charge in [0.25, 0.3) is 0 Å². The molecule has 7 heteroatoms. The number of nitrogens with zero attached hydrogens (tertiary/aromatic N) is 5. The molecule has 0 bridgehead atoms. The lowest BCUT2D eigenvalue weighted by molar-refractivity contribution is 0.335. The van der Waals surface area contributed by atoms with Gasteiger partial charge in [-0.1, -0.05) is 0 Å². The standard InChI is InChI=1S/C15H26N6S/c16-14(17-4-3-8-19-6-1-2-7-19)20-9-11-21(12-10-20)15-18-5-13-22-15/h5,13H,1-4,6-12H2,(H2,16,17). The molecule has 0 aliphatic carbocycles. The summed E-state index contributed by atoms with van der Waals surface area (Å²) < 4.78 is 0. The molecule has 122 valence electrons. The van der Waals surface area contributed by atoms with Gasteiger partial charge in [0.05, 0.1) is 0 Å². The average Bonchev–Trinajstić information content (AvgIpc) is 3.25. The molecule has 0 saturated carbocycles. The molecule has 0 spiro atoms. The van der Waals surface area contributed by atoms with Gasteiger partial charge in [0.15, 0.2) is 11.1 Å². The molecule has 2 N–H and O–H groups in total. The van der Waals surface area contributed by atoms with Crippen molar-refractivity contribution in [1.82, 2.24) is 14.8 Å². The second-order valence-electron chi connectivity index (χ2n) is 5.93. The first-order chi connectivity index (χ1) is 10.8. The van der Waals surface area contributed by atoms with Gasteiger partial charge in [-0.3, -0.25) is 4.99 Å². The van der Waals surface area contributed by atoms with E-state index in [9.17, 15) is 0 Å². The summed E-state index contributed by atoms with van der Waals surface area (Å²) in [7, 11) is 0. The Hall–Kier alpha value is -1.34. The predicted molar refractivity (Wildman–Crippen MR) is 92.7 cm³/mol. The Kier molecular flexibility index (Phi) is 5.50. The van der Waals surface area contributed by atoms with E-state index in [1.54, 1.807) is 11.3 Å². The van der Waals surface area contributed by atoms with Crippen LogP contribution in [0.1, 0.15) is 19.3 Å². The first kappa shape index (κ1) is 15.6. The van der Waals surface area contributed by atoms with E-state index >= 15 is 0 Å². The van der Waals surface area contributed by atoms with E-state index < -0.39 is 0 Å². The Morgan fingerprint density at radius 1 is 1.18 bits per heavy atom. The van der Waals surface area contributed by atoms with Crippen LogP contribution >= 0.6 is 11.3 Å². The Morgan fingerprint density at radius 3 is 2.64 bits per heavy atom. The number of hydrogen-bond acceptors (Lipinski definition) is 5. The molecule has 0 amide bonds. The number of nitrogens with two attached hydrogens (primary N) is 1. The van der Waals surface area contributed by atoms with Crippen molar-refractivity contribution in [1.29, 1.82) is 0 Å². The van der Waals surface area contributed by atoms with Crippen LogP contribution in [-0.2, 0) is 0 Å². The summed E-state index contributed by atoms with van der Waals surface area (Å²) in [5.74, 6) is 0.709. The molecule has 2 aliphatic heterocycles. The minimum atomic E-state index is 0.709. The SMILES string of the molecule is NC(=NCCCN1CCCC1)N1CCN(c2nccs2)CC1. The largest absolute Gasteiger partial charge is 0.370 e. The van der Waals surface area contributed by atoms with Crippen LogP contribution in [0.4, 0.5) is 5.13 Å². The first-order valence-corrected chi connectivity index (χ1v) is 9.12. The maximum atomic E-state index is 6.14. The van der Waals surface area contributed by atoms with Gasteiger partial charge in [-0.05, 0) is 38.9 Å². The lowest BCUT2D eigenvalue weighted by Crippen LogP contribution is -2.51. The van der Waals surface area contributed by atoms with Crippen LogP contribution in [0.25, 0.3) is 0 Å². The number of aromatic nitrogens is 1. The van der Waals surface area contributed by atoms with Gasteiger partial charge in [-0.2, -0.15) is 0 Å². The van der Waals surface area contributed by atoms with E-state index in [4.69, 9.17) is 5.73 Å². The number of rotatable bonds is 5. The third kappa shape index (κ3) is 4.10. The van der Waals surface area contributed by atoms with Gasteiger partial charge >= 0.3 is 0 Å². The number of aliphatic imine (C=N–C) groups is 1. The van der Waals surface area contributed by atoms with Crippen molar-refractivity contribution in [2.45, 2.75) is 19.3 Å². The highest BCUT2D eigenvalue weighted by Gasteiger charge is 2.19. The summed E-state index contributed by atoms with van der Waals surface area (Å²) in [5.41, 5.74) is 6.14. The summed E-state index contributed by atoms with van der Waals surface area (Å²) in [6.45, 7) is 8.33. The van der Waals surface area contributed by atoms with Crippen LogP contribution in [0.2, 0.25) is 0 Å². The molecule has 1 aromatic rings. The molecule has 0 radical (unpaired) electrons. The van der Waals surface area contributed by atoms with E-state index in [0.717, 1.165) is 50.8 Å². The fraction of sp³-hybridized carbons (Fsp3) is 0.733. The lowest BCUT2D eigenvalue weighted by Gasteiger charge is -2.35. The first-order valence-electron chi connectivity index (χ1n) is 8.24. The molecule has 22 heavy (non-hydrogen) atoms. The molecule has 3 rings (SSSR count). The Morgan fingerprint density at radius 2 is 1.95 bits per heavy atom. The Bertz CT molecular complexity index is 460. The maximum absolute atomic E-state index is 6.14. The average molecular weight is 322 g/mol. The molecule has 0 atom stereocenters. The highest BCUT2D eigenvalue weighted by Crippen LogP contribution is 2.18. The maximum Gasteiger partial charge on any atom is 0.191 e. The van der Waals surface area contributed by atoms with Crippen molar-refractivity contribution in [2.24, 2.45) is 10.7 Å². The molecule has 3 heterocycles. The normalized spacial score (nSPS) is 20.8. The van der Waals surface area contributed by atoms with Crippen molar-refractivity contribution in [3.8, 4) is 0 Å². The highest BCUT2D eigenvalue weighted by atomic mass is 32.1. The van der Waals surface area contributed by atoms with E-state index in [1.165, 1.54) is 25.9 Å².